The van der Waals surface area contributed by atoms with Gasteiger partial charge in [0.15, 0.2) is 0 Å². The highest BCUT2D eigenvalue weighted by atomic mass is 35.5. The minimum Gasteiger partial charge on any atom is -0.324 e. The molecule has 4 nitrogen and oxygen atoms in total. The molecule has 0 atom stereocenters. The predicted octanol–water partition coefficient (Wildman–Crippen LogP) is 7.69. The first kappa shape index (κ1) is 25.3. The number of aromatic nitrogens is 1. The number of pyridine rings is 1. The van der Waals surface area contributed by atoms with Crippen LogP contribution >= 0.6 is 23.4 Å². The van der Waals surface area contributed by atoms with Gasteiger partial charge in [-0.25, -0.2) is 4.98 Å². The molecule has 180 valence electrons. The van der Waals surface area contributed by atoms with E-state index in [-0.39, 0.29) is 16.5 Å². The second-order valence-electron chi connectivity index (χ2n) is 7.61. The Balaban J connectivity index is 1.64. The molecule has 0 aliphatic rings. The zero-order chi connectivity index (χ0) is 25.7. The van der Waals surface area contributed by atoms with Crippen LogP contribution in [0.15, 0.2) is 90.0 Å². The first-order valence-corrected chi connectivity index (χ1v) is 12.0. The number of benzene rings is 3. The first-order chi connectivity index (χ1) is 17.3. The molecule has 0 fully saturated rings. The van der Waals surface area contributed by atoms with E-state index >= 15 is 0 Å². The Bertz CT molecular complexity index is 1440. The van der Waals surface area contributed by atoms with Gasteiger partial charge >= 0.3 is 6.18 Å². The number of amides is 1. The fourth-order valence-corrected chi connectivity index (χ4v) is 4.42. The van der Waals surface area contributed by atoms with Gasteiger partial charge in [0.25, 0.3) is 0 Å². The third-order valence-electron chi connectivity index (χ3n) is 5.16. The van der Waals surface area contributed by atoms with Crippen molar-refractivity contribution in [3.8, 4) is 28.5 Å². The van der Waals surface area contributed by atoms with E-state index in [9.17, 15) is 23.2 Å². The van der Waals surface area contributed by atoms with E-state index in [0.29, 0.717) is 21.8 Å². The van der Waals surface area contributed by atoms with Crippen molar-refractivity contribution in [3.05, 3.63) is 101 Å². The molecule has 0 spiro atoms. The topological polar surface area (TPSA) is 65.8 Å². The molecule has 0 bridgehead atoms. The van der Waals surface area contributed by atoms with Crippen molar-refractivity contribution in [1.29, 1.82) is 5.26 Å². The molecule has 0 aliphatic carbocycles. The van der Waals surface area contributed by atoms with Gasteiger partial charge in [0, 0.05) is 11.1 Å². The summed E-state index contributed by atoms with van der Waals surface area (Å²) >= 11 is 7.01. The first-order valence-electron chi connectivity index (χ1n) is 10.6. The Morgan fingerprint density at radius 1 is 0.972 bits per heavy atom. The molecular formula is C27H17ClF3N3OS. The van der Waals surface area contributed by atoms with Crippen molar-refractivity contribution in [2.45, 2.75) is 11.2 Å². The van der Waals surface area contributed by atoms with Gasteiger partial charge in [0.1, 0.15) is 11.1 Å². The molecule has 0 saturated heterocycles. The molecule has 0 saturated carbocycles. The highest BCUT2D eigenvalue weighted by Gasteiger charge is 2.31. The molecule has 4 aromatic rings. The Morgan fingerprint density at radius 2 is 1.61 bits per heavy atom. The van der Waals surface area contributed by atoms with Crippen molar-refractivity contribution in [2.75, 3.05) is 11.1 Å². The van der Waals surface area contributed by atoms with Crippen molar-refractivity contribution in [3.63, 3.8) is 0 Å². The number of anilines is 1. The maximum atomic E-state index is 13.0. The monoisotopic (exact) mass is 523 g/mol. The number of hydrogen-bond acceptors (Lipinski definition) is 4. The number of nitrogens with zero attached hydrogens (tertiary/aromatic N) is 2. The van der Waals surface area contributed by atoms with Crippen LogP contribution in [0.1, 0.15) is 11.1 Å². The number of carbonyl (C=O) groups is 1. The molecule has 3 aromatic carbocycles. The molecule has 4 rings (SSSR count). The van der Waals surface area contributed by atoms with Crippen molar-refractivity contribution in [1.82, 2.24) is 4.98 Å². The molecule has 0 aliphatic heterocycles. The van der Waals surface area contributed by atoms with E-state index in [1.807, 2.05) is 66.7 Å². The smallest absolute Gasteiger partial charge is 0.324 e. The van der Waals surface area contributed by atoms with Crippen LogP contribution in [0.2, 0.25) is 5.02 Å². The summed E-state index contributed by atoms with van der Waals surface area (Å²) < 4.78 is 39.1. The summed E-state index contributed by atoms with van der Waals surface area (Å²) in [5.41, 5.74) is 2.17. The summed E-state index contributed by atoms with van der Waals surface area (Å²) in [6.45, 7) is 0. The molecule has 9 heteroatoms. The zero-order valence-electron chi connectivity index (χ0n) is 18.5. The fourth-order valence-electron chi connectivity index (χ4n) is 3.45. The highest BCUT2D eigenvalue weighted by Crippen LogP contribution is 2.36. The molecule has 0 radical (unpaired) electrons. The van der Waals surface area contributed by atoms with Gasteiger partial charge in [-0.2, -0.15) is 18.4 Å². The Morgan fingerprint density at radius 3 is 2.22 bits per heavy atom. The third kappa shape index (κ3) is 5.88. The normalized spacial score (nSPS) is 11.1. The number of rotatable bonds is 6. The summed E-state index contributed by atoms with van der Waals surface area (Å²) in [6.07, 6.45) is -4.57. The number of nitrogens with one attached hydrogen (secondary N) is 1. The van der Waals surface area contributed by atoms with E-state index < -0.39 is 17.6 Å². The van der Waals surface area contributed by atoms with E-state index in [2.05, 4.69) is 16.4 Å². The number of hydrogen-bond donors (Lipinski definition) is 1. The summed E-state index contributed by atoms with van der Waals surface area (Å²) in [4.78, 5) is 17.3. The molecular weight excluding hydrogens is 507 g/mol. The number of carbonyl (C=O) groups excluding carboxylic acids is 1. The Hall–Kier alpha value is -3.80. The van der Waals surface area contributed by atoms with Gasteiger partial charge in [0.2, 0.25) is 5.91 Å². The van der Waals surface area contributed by atoms with Gasteiger partial charge in [-0.05, 0) is 29.8 Å². The summed E-state index contributed by atoms with van der Waals surface area (Å²) in [5, 5.41) is 12.7. The molecule has 1 heterocycles. The van der Waals surface area contributed by atoms with Crippen LogP contribution in [0.3, 0.4) is 0 Å². The summed E-state index contributed by atoms with van der Waals surface area (Å²) in [7, 11) is 0. The number of halogens is 4. The van der Waals surface area contributed by atoms with E-state index in [4.69, 9.17) is 11.6 Å². The van der Waals surface area contributed by atoms with E-state index in [1.165, 1.54) is 0 Å². The number of alkyl halides is 3. The maximum absolute atomic E-state index is 13.0. The average Bonchev–Trinajstić information content (AvgIpc) is 2.88. The molecule has 36 heavy (non-hydrogen) atoms. The lowest BCUT2D eigenvalue weighted by molar-refractivity contribution is -0.137. The van der Waals surface area contributed by atoms with E-state index in [0.717, 1.165) is 41.1 Å². The van der Waals surface area contributed by atoms with Crippen LogP contribution < -0.4 is 5.32 Å². The zero-order valence-corrected chi connectivity index (χ0v) is 20.1. The molecule has 0 unspecified atom stereocenters. The van der Waals surface area contributed by atoms with Crippen LogP contribution in [0.25, 0.3) is 22.4 Å². The minimum atomic E-state index is -4.57. The lowest BCUT2D eigenvalue weighted by Crippen LogP contribution is -2.15. The molecule has 1 N–H and O–H groups in total. The second kappa shape index (κ2) is 10.9. The van der Waals surface area contributed by atoms with Gasteiger partial charge < -0.3 is 5.32 Å². The number of thioether (sulfide) groups is 1. The molecule has 1 aromatic heterocycles. The quantitative estimate of drug-likeness (QED) is 0.263. The third-order valence-corrected chi connectivity index (χ3v) is 6.47. The highest BCUT2D eigenvalue weighted by molar-refractivity contribution is 8.00. The van der Waals surface area contributed by atoms with Crippen LogP contribution in [-0.2, 0) is 11.0 Å². The van der Waals surface area contributed by atoms with Gasteiger partial charge in [0.05, 0.1) is 33.3 Å². The van der Waals surface area contributed by atoms with Crippen molar-refractivity contribution in [2.24, 2.45) is 0 Å². The predicted molar refractivity (Wildman–Crippen MR) is 136 cm³/mol. The van der Waals surface area contributed by atoms with Gasteiger partial charge in [-0.1, -0.05) is 84.0 Å². The van der Waals surface area contributed by atoms with E-state index in [1.54, 1.807) is 0 Å². The summed E-state index contributed by atoms with van der Waals surface area (Å²) in [6, 6.07) is 25.5. The average molecular weight is 524 g/mol. The standard InChI is InChI=1S/C27H17ClF3N3OS/c28-22-12-11-19(27(29,30)31)13-24(22)33-25(35)16-36-26-21(15-32)20(17-7-3-1-4-8-17)14-23(34-26)18-9-5-2-6-10-18/h1-14H,16H2,(H,33,35). The lowest BCUT2D eigenvalue weighted by Gasteiger charge is -2.13. The van der Waals surface area contributed by atoms with Crippen molar-refractivity contribution >= 4 is 35.0 Å². The van der Waals surface area contributed by atoms with Gasteiger partial charge in [-0.15, -0.1) is 0 Å². The fraction of sp³-hybridized carbons (Fsp3) is 0.0741. The largest absolute Gasteiger partial charge is 0.416 e. The number of nitriles is 1. The minimum absolute atomic E-state index is 0.0189. The maximum Gasteiger partial charge on any atom is 0.416 e. The van der Waals surface area contributed by atoms with Crippen LogP contribution in [-0.4, -0.2) is 16.6 Å². The Kier molecular flexibility index (Phi) is 7.63. The summed E-state index contributed by atoms with van der Waals surface area (Å²) in [5.74, 6) is -0.779. The Labute approximate surface area is 214 Å². The van der Waals surface area contributed by atoms with Gasteiger partial charge in [-0.3, -0.25) is 4.79 Å². The second-order valence-corrected chi connectivity index (χ2v) is 8.98. The van der Waals surface area contributed by atoms with Crippen molar-refractivity contribution < 1.29 is 18.0 Å². The lowest BCUT2D eigenvalue weighted by atomic mass is 9.99. The van der Waals surface area contributed by atoms with Crippen LogP contribution in [0, 0.1) is 11.3 Å². The van der Waals surface area contributed by atoms with Crippen LogP contribution in [0.5, 0.6) is 0 Å². The molecule has 1 amide bonds. The van der Waals surface area contributed by atoms with Crippen LogP contribution in [0.4, 0.5) is 18.9 Å². The SMILES string of the molecule is N#Cc1c(-c2ccccc2)cc(-c2ccccc2)nc1SCC(=O)Nc1cc(C(F)(F)F)ccc1Cl.